The van der Waals surface area contributed by atoms with Gasteiger partial charge in [0.1, 0.15) is 0 Å². The molecule has 1 atom stereocenters. The molecular formula is C10H23NO4. The minimum absolute atomic E-state index is 0.103. The molecule has 1 unspecified atom stereocenters. The third-order valence-corrected chi connectivity index (χ3v) is 1.77. The van der Waals surface area contributed by atoms with Crippen molar-refractivity contribution in [2.75, 3.05) is 53.3 Å². The molecule has 0 aromatic rings. The van der Waals surface area contributed by atoms with Crippen molar-refractivity contribution < 1.29 is 18.9 Å². The van der Waals surface area contributed by atoms with Crippen molar-refractivity contribution in [1.82, 2.24) is 0 Å². The maximum absolute atomic E-state index is 5.38. The number of ether oxygens (including phenoxy) is 4. The van der Waals surface area contributed by atoms with Gasteiger partial charge in [0, 0.05) is 13.7 Å². The molecule has 0 rings (SSSR count). The molecule has 0 bridgehead atoms. The molecule has 0 fully saturated rings. The highest BCUT2D eigenvalue weighted by Gasteiger charge is 1.97. The van der Waals surface area contributed by atoms with Crippen LogP contribution in [0, 0.1) is 0 Å². The second kappa shape index (κ2) is 11.9. The van der Waals surface area contributed by atoms with Gasteiger partial charge in [-0.25, -0.2) is 0 Å². The van der Waals surface area contributed by atoms with Crippen LogP contribution >= 0.6 is 0 Å². The Morgan fingerprint density at radius 3 is 2.00 bits per heavy atom. The van der Waals surface area contributed by atoms with Crippen LogP contribution in [-0.4, -0.2) is 59.4 Å². The Bertz CT molecular complexity index is 124. The van der Waals surface area contributed by atoms with Gasteiger partial charge >= 0.3 is 0 Å². The smallest absolute Gasteiger partial charge is 0.0704 e. The van der Waals surface area contributed by atoms with E-state index in [2.05, 4.69) is 0 Å². The zero-order valence-electron chi connectivity index (χ0n) is 9.74. The lowest BCUT2D eigenvalue weighted by Gasteiger charge is -2.10. The maximum Gasteiger partial charge on any atom is 0.0704 e. The molecule has 0 spiro atoms. The third kappa shape index (κ3) is 11.7. The standard InChI is InChI=1S/C10H23NO4/c1-10(9-11)15-8-7-14-6-5-13-4-3-12-2/h10H,3-9,11H2,1-2H3. The zero-order valence-corrected chi connectivity index (χ0v) is 9.74. The molecule has 0 aromatic carbocycles. The number of hydrogen-bond donors (Lipinski definition) is 1. The summed E-state index contributed by atoms with van der Waals surface area (Å²) < 4.78 is 20.6. The van der Waals surface area contributed by atoms with E-state index >= 15 is 0 Å². The summed E-state index contributed by atoms with van der Waals surface area (Å²) in [6, 6.07) is 0. The molecule has 0 heterocycles. The highest BCUT2D eigenvalue weighted by atomic mass is 16.6. The van der Waals surface area contributed by atoms with Crippen LogP contribution in [0.5, 0.6) is 0 Å². The Morgan fingerprint density at radius 1 is 0.933 bits per heavy atom. The van der Waals surface area contributed by atoms with Crippen LogP contribution in [0.25, 0.3) is 0 Å². The van der Waals surface area contributed by atoms with Crippen molar-refractivity contribution >= 4 is 0 Å². The fourth-order valence-electron chi connectivity index (χ4n) is 0.840. The highest BCUT2D eigenvalue weighted by Crippen LogP contribution is 1.87. The molecular weight excluding hydrogens is 198 g/mol. The Morgan fingerprint density at radius 2 is 1.47 bits per heavy atom. The van der Waals surface area contributed by atoms with Gasteiger partial charge in [-0.15, -0.1) is 0 Å². The van der Waals surface area contributed by atoms with E-state index in [4.69, 9.17) is 24.7 Å². The van der Waals surface area contributed by atoms with E-state index in [1.54, 1.807) is 7.11 Å². The minimum atomic E-state index is 0.103. The second-order valence-corrected chi connectivity index (χ2v) is 3.13. The number of nitrogens with two attached hydrogens (primary N) is 1. The maximum atomic E-state index is 5.38. The lowest BCUT2D eigenvalue weighted by atomic mass is 10.4. The van der Waals surface area contributed by atoms with Gasteiger partial charge in [0.15, 0.2) is 0 Å². The normalized spacial score (nSPS) is 13.0. The van der Waals surface area contributed by atoms with Gasteiger partial charge in [0.2, 0.25) is 0 Å². The van der Waals surface area contributed by atoms with Crippen LogP contribution in [0.2, 0.25) is 0 Å². The van der Waals surface area contributed by atoms with Gasteiger partial charge in [-0.3, -0.25) is 0 Å². The molecule has 0 amide bonds. The lowest BCUT2D eigenvalue weighted by Crippen LogP contribution is -2.22. The third-order valence-electron chi connectivity index (χ3n) is 1.77. The van der Waals surface area contributed by atoms with Gasteiger partial charge < -0.3 is 24.7 Å². The second-order valence-electron chi connectivity index (χ2n) is 3.13. The summed E-state index contributed by atoms with van der Waals surface area (Å²) in [5, 5.41) is 0. The molecule has 0 aliphatic rings. The summed E-state index contributed by atoms with van der Waals surface area (Å²) in [4.78, 5) is 0. The van der Waals surface area contributed by atoms with E-state index in [0.717, 1.165) is 0 Å². The average molecular weight is 221 g/mol. The topological polar surface area (TPSA) is 62.9 Å². The van der Waals surface area contributed by atoms with Crippen LogP contribution in [0.4, 0.5) is 0 Å². The van der Waals surface area contributed by atoms with Crippen molar-refractivity contribution in [3.8, 4) is 0 Å². The lowest BCUT2D eigenvalue weighted by molar-refractivity contribution is -0.00999. The number of rotatable bonds is 11. The molecule has 0 saturated carbocycles. The van der Waals surface area contributed by atoms with Crippen LogP contribution in [0.15, 0.2) is 0 Å². The summed E-state index contributed by atoms with van der Waals surface area (Å²) in [6.07, 6.45) is 0.103. The zero-order chi connectivity index (χ0) is 11.4. The van der Waals surface area contributed by atoms with Gasteiger partial charge in [0.25, 0.3) is 0 Å². The summed E-state index contributed by atoms with van der Waals surface area (Å²) in [7, 11) is 1.65. The van der Waals surface area contributed by atoms with E-state index in [-0.39, 0.29) is 6.10 Å². The first-order chi connectivity index (χ1) is 7.31. The fraction of sp³-hybridized carbons (Fsp3) is 1.00. The van der Waals surface area contributed by atoms with Gasteiger partial charge in [0.05, 0.1) is 45.7 Å². The van der Waals surface area contributed by atoms with Crippen molar-refractivity contribution in [2.45, 2.75) is 13.0 Å². The first kappa shape index (κ1) is 14.8. The molecule has 0 saturated heterocycles. The van der Waals surface area contributed by atoms with E-state index in [9.17, 15) is 0 Å². The SMILES string of the molecule is COCCOCCOCCOC(C)CN. The fourth-order valence-corrected chi connectivity index (χ4v) is 0.840. The quantitative estimate of drug-likeness (QED) is 0.499. The van der Waals surface area contributed by atoms with Gasteiger partial charge in [-0.1, -0.05) is 0 Å². The summed E-state index contributed by atoms with van der Waals surface area (Å²) in [5.74, 6) is 0. The molecule has 5 heteroatoms. The monoisotopic (exact) mass is 221 g/mol. The number of methoxy groups -OCH3 is 1. The number of hydrogen-bond acceptors (Lipinski definition) is 5. The van der Waals surface area contributed by atoms with E-state index in [1.165, 1.54) is 0 Å². The Balaban J connectivity index is 2.92. The minimum Gasteiger partial charge on any atom is -0.382 e. The van der Waals surface area contributed by atoms with Crippen LogP contribution in [-0.2, 0) is 18.9 Å². The van der Waals surface area contributed by atoms with E-state index in [1.807, 2.05) is 6.92 Å². The molecule has 2 N–H and O–H groups in total. The predicted molar refractivity (Wildman–Crippen MR) is 58.0 cm³/mol. The highest BCUT2D eigenvalue weighted by molar-refractivity contribution is 4.47. The molecule has 0 aromatic heterocycles. The van der Waals surface area contributed by atoms with Crippen molar-refractivity contribution in [2.24, 2.45) is 5.73 Å². The molecule has 92 valence electrons. The van der Waals surface area contributed by atoms with E-state index in [0.29, 0.717) is 46.2 Å². The molecule has 0 aliphatic carbocycles. The predicted octanol–water partition coefficient (Wildman–Crippen LogP) is 0.0298. The van der Waals surface area contributed by atoms with E-state index < -0.39 is 0 Å². The van der Waals surface area contributed by atoms with Gasteiger partial charge in [-0.2, -0.15) is 0 Å². The summed E-state index contributed by atoms with van der Waals surface area (Å²) >= 11 is 0. The van der Waals surface area contributed by atoms with Crippen molar-refractivity contribution in [3.63, 3.8) is 0 Å². The Hall–Kier alpha value is -0.200. The Labute approximate surface area is 91.8 Å². The Kier molecular flexibility index (Phi) is 11.7. The van der Waals surface area contributed by atoms with Gasteiger partial charge in [-0.05, 0) is 6.92 Å². The van der Waals surface area contributed by atoms with Crippen LogP contribution in [0.1, 0.15) is 6.92 Å². The largest absolute Gasteiger partial charge is 0.382 e. The average Bonchev–Trinajstić information content (AvgIpc) is 2.26. The van der Waals surface area contributed by atoms with Crippen LogP contribution in [0.3, 0.4) is 0 Å². The van der Waals surface area contributed by atoms with Crippen molar-refractivity contribution in [1.29, 1.82) is 0 Å². The summed E-state index contributed by atoms with van der Waals surface area (Å²) in [6.45, 7) is 6.06. The molecule has 0 radical (unpaired) electrons. The molecule has 0 aliphatic heterocycles. The first-order valence-electron chi connectivity index (χ1n) is 5.27. The van der Waals surface area contributed by atoms with Crippen molar-refractivity contribution in [3.05, 3.63) is 0 Å². The molecule has 15 heavy (non-hydrogen) atoms. The summed E-state index contributed by atoms with van der Waals surface area (Å²) in [5.41, 5.74) is 5.38. The first-order valence-corrected chi connectivity index (χ1v) is 5.27. The van der Waals surface area contributed by atoms with Crippen LogP contribution < -0.4 is 5.73 Å². The molecule has 5 nitrogen and oxygen atoms in total.